The Hall–Kier alpha value is -2.72. The van der Waals surface area contributed by atoms with Crippen LogP contribution in [0.1, 0.15) is 36.4 Å². The third-order valence-electron chi connectivity index (χ3n) is 5.92. The van der Waals surface area contributed by atoms with Crippen molar-refractivity contribution in [1.82, 2.24) is 15.8 Å². The van der Waals surface area contributed by atoms with Crippen molar-refractivity contribution in [2.24, 2.45) is 5.92 Å². The Morgan fingerprint density at radius 1 is 1.13 bits per heavy atom. The van der Waals surface area contributed by atoms with E-state index in [1.807, 2.05) is 4.90 Å². The summed E-state index contributed by atoms with van der Waals surface area (Å²) in [7, 11) is 0. The minimum Gasteiger partial charge on any atom is -0.351 e. The Kier molecular flexibility index (Phi) is 5.61. The van der Waals surface area contributed by atoms with Gasteiger partial charge in [0.1, 0.15) is 0 Å². The molecular weight excluding hydrogens is 399 g/mol. The van der Waals surface area contributed by atoms with E-state index in [1.54, 1.807) is 18.3 Å². The van der Waals surface area contributed by atoms with E-state index >= 15 is 0 Å². The van der Waals surface area contributed by atoms with Gasteiger partial charge in [-0.2, -0.15) is 13.2 Å². The number of alkyl halides is 3. The van der Waals surface area contributed by atoms with E-state index in [4.69, 9.17) is 0 Å². The number of hydrazine groups is 1. The average molecular weight is 421 g/mol. The lowest BCUT2D eigenvalue weighted by Gasteiger charge is -2.35. The fourth-order valence-electron chi connectivity index (χ4n) is 4.33. The number of aromatic nitrogens is 1. The predicted molar refractivity (Wildman–Crippen MR) is 105 cm³/mol. The smallest absolute Gasteiger partial charge is 0.351 e. The van der Waals surface area contributed by atoms with Gasteiger partial charge in [0.25, 0.3) is 0 Å². The molecule has 1 aromatic carbocycles. The number of halogens is 3. The monoisotopic (exact) mass is 421 g/mol. The van der Waals surface area contributed by atoms with Crippen molar-refractivity contribution >= 4 is 11.5 Å². The van der Waals surface area contributed by atoms with Crippen molar-refractivity contribution in [3.8, 4) is 0 Å². The fraction of sp³-hybridized carbons (Fsp3) is 0.450. The van der Waals surface area contributed by atoms with E-state index in [2.05, 4.69) is 15.8 Å². The molecule has 2 saturated heterocycles. The molecule has 0 bridgehead atoms. The molecule has 2 N–H and O–H groups in total. The van der Waals surface area contributed by atoms with Gasteiger partial charge in [-0.15, -0.1) is 0 Å². The molecule has 30 heavy (non-hydrogen) atoms. The molecule has 0 amide bonds. The van der Waals surface area contributed by atoms with Crippen LogP contribution in [0.25, 0.3) is 0 Å². The largest absolute Gasteiger partial charge is 0.416 e. The van der Waals surface area contributed by atoms with Crippen LogP contribution in [-0.4, -0.2) is 29.0 Å². The van der Waals surface area contributed by atoms with Crippen LogP contribution in [0.2, 0.25) is 0 Å². The molecule has 1 aromatic heterocycles. The third-order valence-corrected chi connectivity index (χ3v) is 5.92. The summed E-state index contributed by atoms with van der Waals surface area (Å²) in [5.74, 6) is 0.715. The van der Waals surface area contributed by atoms with E-state index in [0.717, 1.165) is 18.9 Å². The molecular formula is C20H22F3N5O2. The van der Waals surface area contributed by atoms with Gasteiger partial charge in [-0.25, -0.2) is 4.98 Å². The van der Waals surface area contributed by atoms with Crippen molar-refractivity contribution in [1.29, 1.82) is 0 Å². The minimum atomic E-state index is -4.36. The minimum absolute atomic E-state index is 0.00113. The second-order valence-corrected chi connectivity index (χ2v) is 7.73. The first kappa shape index (κ1) is 20.5. The summed E-state index contributed by atoms with van der Waals surface area (Å²) < 4.78 is 39.0. The zero-order valence-electron chi connectivity index (χ0n) is 16.1. The van der Waals surface area contributed by atoms with Crippen molar-refractivity contribution in [2.75, 3.05) is 18.0 Å². The number of rotatable bonds is 4. The first-order valence-corrected chi connectivity index (χ1v) is 9.85. The van der Waals surface area contributed by atoms with E-state index in [0.29, 0.717) is 36.8 Å². The fourth-order valence-corrected chi connectivity index (χ4v) is 4.33. The van der Waals surface area contributed by atoms with Gasteiger partial charge in [-0.3, -0.25) is 21.0 Å². The third kappa shape index (κ3) is 4.24. The average Bonchev–Trinajstić information content (AvgIpc) is 3.24. The molecule has 3 heterocycles. The molecule has 0 saturated carbocycles. The number of anilines is 1. The Bertz CT molecular complexity index is 915. The lowest BCUT2D eigenvalue weighted by Crippen LogP contribution is -2.43. The van der Waals surface area contributed by atoms with Gasteiger partial charge in [-0.05, 0) is 48.9 Å². The number of hydrogen-bond donors (Lipinski definition) is 2. The number of nitro groups is 1. The number of nitrogens with one attached hydrogen (secondary N) is 2. The highest BCUT2D eigenvalue weighted by atomic mass is 19.4. The highest BCUT2D eigenvalue weighted by Crippen LogP contribution is 2.35. The van der Waals surface area contributed by atoms with Gasteiger partial charge >= 0.3 is 11.9 Å². The molecule has 160 valence electrons. The van der Waals surface area contributed by atoms with Gasteiger partial charge < -0.3 is 4.90 Å². The van der Waals surface area contributed by atoms with E-state index < -0.39 is 16.7 Å². The van der Waals surface area contributed by atoms with Gasteiger partial charge in [0.05, 0.1) is 10.5 Å². The highest BCUT2D eigenvalue weighted by Gasteiger charge is 2.36. The van der Waals surface area contributed by atoms with Crippen molar-refractivity contribution in [2.45, 2.75) is 37.5 Å². The van der Waals surface area contributed by atoms with Crippen LogP contribution in [0.15, 0.2) is 42.6 Å². The summed E-state index contributed by atoms with van der Waals surface area (Å²) in [6.07, 6.45) is -0.473. The van der Waals surface area contributed by atoms with Crippen molar-refractivity contribution < 1.29 is 18.1 Å². The normalized spacial score (nSPS) is 23.0. The molecule has 2 aliphatic rings. The van der Waals surface area contributed by atoms with Crippen molar-refractivity contribution in [3.05, 3.63) is 63.8 Å². The first-order chi connectivity index (χ1) is 14.3. The maximum atomic E-state index is 13.0. The maximum absolute atomic E-state index is 13.0. The number of pyridine rings is 1. The molecule has 2 fully saturated rings. The Balaban J connectivity index is 1.37. The lowest BCUT2D eigenvalue weighted by molar-refractivity contribution is -0.384. The summed E-state index contributed by atoms with van der Waals surface area (Å²) >= 11 is 0. The Labute approximate surface area is 171 Å². The van der Waals surface area contributed by atoms with E-state index in [1.165, 1.54) is 18.2 Å². The SMILES string of the molecule is O=[N+]([O-])c1cccnc1N1CCC(C2CC(c3cccc(C(F)(F)F)c3)NN2)CC1. The zero-order chi connectivity index (χ0) is 21.3. The quantitative estimate of drug-likeness (QED) is 0.577. The molecule has 2 aromatic rings. The van der Waals surface area contributed by atoms with Crippen LogP contribution in [0.4, 0.5) is 24.7 Å². The van der Waals surface area contributed by atoms with Crippen LogP contribution in [-0.2, 0) is 6.18 Å². The van der Waals surface area contributed by atoms with Crippen LogP contribution < -0.4 is 15.8 Å². The van der Waals surface area contributed by atoms with Crippen LogP contribution in [0, 0.1) is 16.0 Å². The standard InChI is InChI=1S/C20H22F3N5O2/c21-20(22,23)15-4-1-3-14(11-15)17-12-16(25-26-17)13-6-9-27(10-7-13)19-18(28(29)30)5-2-8-24-19/h1-5,8,11,13,16-17,25-26H,6-7,9-10,12H2. The second-order valence-electron chi connectivity index (χ2n) is 7.73. The lowest BCUT2D eigenvalue weighted by atomic mass is 9.86. The summed E-state index contributed by atoms with van der Waals surface area (Å²) in [5, 5.41) is 11.2. The molecule has 2 aliphatic heterocycles. The zero-order valence-corrected chi connectivity index (χ0v) is 16.1. The molecule has 2 unspecified atom stereocenters. The van der Waals surface area contributed by atoms with Crippen LogP contribution in [0.5, 0.6) is 0 Å². The van der Waals surface area contributed by atoms with E-state index in [9.17, 15) is 23.3 Å². The summed E-state index contributed by atoms with van der Waals surface area (Å²) in [6.45, 7) is 1.30. The molecule has 0 spiro atoms. The summed E-state index contributed by atoms with van der Waals surface area (Å²) in [4.78, 5) is 16.9. The number of benzene rings is 1. The van der Waals surface area contributed by atoms with Crippen LogP contribution >= 0.6 is 0 Å². The summed E-state index contributed by atoms with van der Waals surface area (Å²) in [5.41, 5.74) is 6.35. The topological polar surface area (TPSA) is 83.3 Å². The van der Waals surface area contributed by atoms with Crippen LogP contribution in [0.3, 0.4) is 0 Å². The van der Waals surface area contributed by atoms with E-state index in [-0.39, 0.29) is 17.8 Å². The van der Waals surface area contributed by atoms with Gasteiger partial charge in [0.2, 0.25) is 5.82 Å². The number of nitrogens with zero attached hydrogens (tertiary/aromatic N) is 3. The maximum Gasteiger partial charge on any atom is 0.416 e. The molecule has 4 rings (SSSR count). The molecule has 0 radical (unpaired) electrons. The first-order valence-electron chi connectivity index (χ1n) is 9.85. The van der Waals surface area contributed by atoms with Crippen molar-refractivity contribution in [3.63, 3.8) is 0 Å². The molecule has 0 aliphatic carbocycles. The predicted octanol–water partition coefficient (Wildman–Crippen LogP) is 3.83. The Morgan fingerprint density at radius 3 is 2.60 bits per heavy atom. The van der Waals surface area contributed by atoms with Gasteiger partial charge in [-0.1, -0.05) is 12.1 Å². The molecule has 2 atom stereocenters. The van der Waals surface area contributed by atoms with Gasteiger partial charge in [0.15, 0.2) is 0 Å². The summed E-state index contributed by atoms with van der Waals surface area (Å²) in [6, 6.07) is 8.37. The molecule has 7 nitrogen and oxygen atoms in total. The highest BCUT2D eigenvalue weighted by molar-refractivity contribution is 5.57. The number of hydrogen-bond acceptors (Lipinski definition) is 6. The van der Waals surface area contributed by atoms with Gasteiger partial charge in [0, 0.05) is 37.4 Å². The second kappa shape index (κ2) is 8.19. The number of piperidine rings is 1. The Morgan fingerprint density at radius 2 is 1.90 bits per heavy atom. The molecule has 10 heteroatoms.